The molecule has 3 aromatic rings. The van der Waals surface area contributed by atoms with Gasteiger partial charge < -0.3 is 4.42 Å². The second-order valence-electron chi connectivity index (χ2n) is 4.33. The van der Waals surface area contributed by atoms with Crippen molar-refractivity contribution >= 4 is 21.9 Å². The van der Waals surface area contributed by atoms with Gasteiger partial charge in [0.1, 0.15) is 5.58 Å². The Morgan fingerprint density at radius 3 is 2.69 bits per heavy atom. The number of furan rings is 1. The maximum Gasteiger partial charge on any atom is 0.157 e. The van der Waals surface area contributed by atoms with Crippen LogP contribution in [0.15, 0.2) is 40.9 Å². The van der Waals surface area contributed by atoms with E-state index in [-0.39, 0.29) is 0 Å². The van der Waals surface area contributed by atoms with Gasteiger partial charge >= 0.3 is 0 Å². The van der Waals surface area contributed by atoms with Gasteiger partial charge in [-0.05, 0) is 18.1 Å². The molecule has 0 N–H and O–H groups in total. The number of pyridine rings is 1. The van der Waals surface area contributed by atoms with Crippen LogP contribution in [0.4, 0.5) is 0 Å². The number of hydrogen-bond donors (Lipinski definition) is 0. The Morgan fingerprint density at radius 2 is 1.88 bits per heavy atom. The monoisotopic (exact) mass is 211 g/mol. The minimum Gasteiger partial charge on any atom is -0.454 e. The Balaban J connectivity index is 2.49. The summed E-state index contributed by atoms with van der Waals surface area (Å²) in [5.41, 5.74) is 2.90. The van der Waals surface area contributed by atoms with Crippen molar-refractivity contribution < 1.29 is 4.42 Å². The van der Waals surface area contributed by atoms with Crippen LogP contribution in [-0.4, -0.2) is 4.98 Å². The van der Waals surface area contributed by atoms with E-state index in [1.807, 2.05) is 30.5 Å². The topological polar surface area (TPSA) is 26.0 Å². The van der Waals surface area contributed by atoms with Crippen LogP contribution in [0.1, 0.15) is 25.5 Å². The van der Waals surface area contributed by atoms with E-state index in [1.165, 1.54) is 5.39 Å². The third kappa shape index (κ3) is 1.23. The zero-order valence-electron chi connectivity index (χ0n) is 9.40. The van der Waals surface area contributed by atoms with Gasteiger partial charge in [0.15, 0.2) is 5.58 Å². The third-order valence-corrected chi connectivity index (χ3v) is 2.87. The lowest BCUT2D eigenvalue weighted by Crippen LogP contribution is -1.91. The van der Waals surface area contributed by atoms with Gasteiger partial charge in [-0.25, -0.2) is 0 Å². The Morgan fingerprint density at radius 1 is 1.06 bits per heavy atom. The summed E-state index contributed by atoms with van der Waals surface area (Å²) in [5.74, 6) is 0.379. The molecule has 0 bridgehead atoms. The predicted octanol–water partition coefficient (Wildman–Crippen LogP) is 4.10. The van der Waals surface area contributed by atoms with Crippen LogP contribution < -0.4 is 0 Å². The molecule has 2 heteroatoms. The molecular weight excluding hydrogens is 198 g/mol. The highest BCUT2D eigenvalue weighted by Crippen LogP contribution is 2.32. The standard InChI is InChI=1S/C14H13NO/c1-9(2)13-14-11(7-8-15-13)10-5-3-4-6-12(10)16-14/h3-9H,1-2H3. The quantitative estimate of drug-likeness (QED) is 0.605. The fraction of sp³-hybridized carbons (Fsp3) is 0.214. The first-order valence-electron chi connectivity index (χ1n) is 5.53. The van der Waals surface area contributed by atoms with E-state index in [1.54, 1.807) is 0 Å². The molecule has 0 radical (unpaired) electrons. The molecule has 0 amide bonds. The lowest BCUT2D eigenvalue weighted by molar-refractivity contribution is 0.650. The molecule has 2 aromatic heterocycles. The van der Waals surface area contributed by atoms with Gasteiger partial charge in [0.05, 0.1) is 5.69 Å². The predicted molar refractivity (Wildman–Crippen MR) is 65.6 cm³/mol. The zero-order valence-corrected chi connectivity index (χ0v) is 9.40. The molecule has 0 aliphatic rings. The summed E-state index contributed by atoms with van der Waals surface area (Å²) in [4.78, 5) is 4.41. The molecule has 0 spiro atoms. The van der Waals surface area contributed by atoms with Crippen molar-refractivity contribution in [2.75, 3.05) is 0 Å². The lowest BCUT2D eigenvalue weighted by atomic mass is 10.1. The number of para-hydroxylation sites is 1. The highest BCUT2D eigenvalue weighted by atomic mass is 16.3. The Bertz CT molecular complexity index is 652. The van der Waals surface area contributed by atoms with E-state index < -0.39 is 0 Å². The summed E-state index contributed by atoms with van der Waals surface area (Å²) in [7, 11) is 0. The molecule has 0 saturated carbocycles. The second-order valence-corrected chi connectivity index (χ2v) is 4.33. The number of aromatic nitrogens is 1. The van der Waals surface area contributed by atoms with Crippen molar-refractivity contribution in [3.05, 3.63) is 42.2 Å². The third-order valence-electron chi connectivity index (χ3n) is 2.87. The van der Waals surface area contributed by atoms with E-state index >= 15 is 0 Å². The Labute approximate surface area is 93.9 Å². The summed E-state index contributed by atoms with van der Waals surface area (Å²) in [5, 5.41) is 2.33. The molecule has 2 heterocycles. The van der Waals surface area contributed by atoms with Gasteiger partial charge in [0, 0.05) is 17.0 Å². The van der Waals surface area contributed by atoms with Crippen molar-refractivity contribution in [3.8, 4) is 0 Å². The van der Waals surface area contributed by atoms with E-state index in [9.17, 15) is 0 Å². The molecule has 2 nitrogen and oxygen atoms in total. The molecule has 0 aliphatic heterocycles. The number of fused-ring (bicyclic) bond motifs is 3. The van der Waals surface area contributed by atoms with Crippen molar-refractivity contribution in [2.24, 2.45) is 0 Å². The average Bonchev–Trinajstić information content (AvgIpc) is 2.67. The maximum absolute atomic E-state index is 5.88. The zero-order chi connectivity index (χ0) is 11.1. The number of nitrogens with zero attached hydrogens (tertiary/aromatic N) is 1. The smallest absolute Gasteiger partial charge is 0.157 e. The summed E-state index contributed by atoms with van der Waals surface area (Å²) >= 11 is 0. The number of rotatable bonds is 1. The van der Waals surface area contributed by atoms with Crippen LogP contribution in [0, 0.1) is 0 Å². The van der Waals surface area contributed by atoms with Gasteiger partial charge in [-0.3, -0.25) is 4.98 Å². The summed E-state index contributed by atoms with van der Waals surface area (Å²) < 4.78 is 5.88. The summed E-state index contributed by atoms with van der Waals surface area (Å²) in [6.07, 6.45) is 1.86. The number of benzene rings is 1. The van der Waals surface area contributed by atoms with Gasteiger partial charge in [0.25, 0.3) is 0 Å². The fourth-order valence-corrected chi connectivity index (χ4v) is 2.08. The Kier molecular flexibility index (Phi) is 1.96. The minimum absolute atomic E-state index is 0.379. The van der Waals surface area contributed by atoms with Crippen LogP contribution in [-0.2, 0) is 0 Å². The van der Waals surface area contributed by atoms with Crippen molar-refractivity contribution in [1.29, 1.82) is 0 Å². The molecule has 0 atom stereocenters. The van der Waals surface area contributed by atoms with Crippen molar-refractivity contribution in [1.82, 2.24) is 4.98 Å². The first-order chi connectivity index (χ1) is 7.77. The van der Waals surface area contributed by atoms with Gasteiger partial charge in [0.2, 0.25) is 0 Å². The first-order valence-corrected chi connectivity index (χ1v) is 5.53. The second kappa shape index (κ2) is 3.34. The molecule has 3 rings (SSSR count). The maximum atomic E-state index is 5.88. The van der Waals surface area contributed by atoms with E-state index in [4.69, 9.17) is 4.42 Å². The molecule has 0 unspecified atom stereocenters. The first kappa shape index (κ1) is 9.40. The van der Waals surface area contributed by atoms with E-state index in [0.717, 1.165) is 22.2 Å². The molecule has 1 aromatic carbocycles. The fourth-order valence-electron chi connectivity index (χ4n) is 2.08. The van der Waals surface area contributed by atoms with Crippen molar-refractivity contribution in [2.45, 2.75) is 19.8 Å². The van der Waals surface area contributed by atoms with Crippen LogP contribution in [0.2, 0.25) is 0 Å². The van der Waals surface area contributed by atoms with Gasteiger partial charge in [-0.2, -0.15) is 0 Å². The molecule has 0 fully saturated rings. The van der Waals surface area contributed by atoms with E-state index in [0.29, 0.717) is 5.92 Å². The van der Waals surface area contributed by atoms with Gasteiger partial charge in [-0.15, -0.1) is 0 Å². The molecule has 0 aliphatic carbocycles. The SMILES string of the molecule is CC(C)c1nccc2c1oc1ccccc12. The minimum atomic E-state index is 0.379. The van der Waals surface area contributed by atoms with Crippen LogP contribution in [0.3, 0.4) is 0 Å². The molecule has 0 saturated heterocycles. The molecule has 16 heavy (non-hydrogen) atoms. The molecule has 80 valence electrons. The highest BCUT2D eigenvalue weighted by Gasteiger charge is 2.12. The largest absolute Gasteiger partial charge is 0.454 e. The normalized spacial score (nSPS) is 11.7. The average molecular weight is 211 g/mol. The summed E-state index contributed by atoms with van der Waals surface area (Å²) in [6.45, 7) is 4.27. The highest BCUT2D eigenvalue weighted by molar-refractivity contribution is 6.05. The molecular formula is C14H13NO. The van der Waals surface area contributed by atoms with Crippen LogP contribution in [0.5, 0.6) is 0 Å². The number of hydrogen-bond acceptors (Lipinski definition) is 2. The van der Waals surface area contributed by atoms with Crippen molar-refractivity contribution in [3.63, 3.8) is 0 Å². The van der Waals surface area contributed by atoms with E-state index in [2.05, 4.69) is 24.9 Å². The Hall–Kier alpha value is -1.83. The summed E-state index contributed by atoms with van der Waals surface area (Å²) in [6, 6.07) is 10.1. The van der Waals surface area contributed by atoms with Crippen LogP contribution >= 0.6 is 0 Å². The lowest BCUT2D eigenvalue weighted by Gasteiger charge is -2.03. The van der Waals surface area contributed by atoms with Crippen LogP contribution in [0.25, 0.3) is 21.9 Å². The van der Waals surface area contributed by atoms with Gasteiger partial charge in [-0.1, -0.05) is 32.0 Å².